The van der Waals surface area contributed by atoms with Gasteiger partial charge in [-0.05, 0) is 37.5 Å². The van der Waals surface area contributed by atoms with E-state index in [9.17, 15) is 21.6 Å². The Labute approximate surface area is 129 Å². The summed E-state index contributed by atoms with van der Waals surface area (Å²) in [5.41, 5.74) is -1.13. The van der Waals surface area contributed by atoms with Crippen LogP contribution in [-0.4, -0.2) is 26.9 Å². The van der Waals surface area contributed by atoms with Gasteiger partial charge in [0.1, 0.15) is 0 Å². The SMILES string of the molecule is COC1CCC(S(=O)(=O)c2ccc(Br)cc2C(F)(F)F)C1. The minimum atomic E-state index is -4.72. The van der Waals surface area contributed by atoms with Crippen LogP contribution in [0.1, 0.15) is 24.8 Å². The highest BCUT2D eigenvalue weighted by Crippen LogP contribution is 2.39. The number of hydrogen-bond acceptors (Lipinski definition) is 3. The molecule has 1 saturated carbocycles. The zero-order valence-corrected chi connectivity index (χ0v) is 13.6. The molecule has 0 aliphatic heterocycles. The first-order valence-electron chi connectivity index (χ1n) is 6.29. The van der Waals surface area contributed by atoms with Crippen LogP contribution >= 0.6 is 15.9 Å². The van der Waals surface area contributed by atoms with Gasteiger partial charge in [-0.2, -0.15) is 13.2 Å². The summed E-state index contributed by atoms with van der Waals surface area (Å²) in [4.78, 5) is -0.653. The maximum absolute atomic E-state index is 13.1. The molecule has 8 heteroatoms. The summed E-state index contributed by atoms with van der Waals surface area (Å²) in [5, 5.41) is -0.829. The number of methoxy groups -OCH3 is 1. The highest BCUT2D eigenvalue weighted by atomic mass is 79.9. The minimum Gasteiger partial charge on any atom is -0.381 e. The summed E-state index contributed by atoms with van der Waals surface area (Å²) >= 11 is 2.94. The first-order valence-corrected chi connectivity index (χ1v) is 8.63. The van der Waals surface area contributed by atoms with Gasteiger partial charge in [0.05, 0.1) is 21.8 Å². The summed E-state index contributed by atoms with van der Waals surface area (Å²) in [6, 6.07) is 3.13. The molecular weight excluding hydrogens is 373 g/mol. The van der Waals surface area contributed by atoms with E-state index in [-0.39, 0.29) is 17.0 Å². The summed E-state index contributed by atoms with van der Waals surface area (Å²) in [6.45, 7) is 0. The van der Waals surface area contributed by atoms with E-state index in [1.807, 2.05) is 0 Å². The zero-order chi connectivity index (χ0) is 15.8. The molecule has 1 aromatic rings. The third-order valence-electron chi connectivity index (χ3n) is 3.66. The Balaban J connectivity index is 2.46. The Bertz CT molecular complexity index is 628. The Morgan fingerprint density at radius 3 is 2.48 bits per heavy atom. The second-order valence-corrected chi connectivity index (χ2v) is 8.09. The van der Waals surface area contributed by atoms with Gasteiger partial charge in [-0.25, -0.2) is 8.42 Å². The zero-order valence-electron chi connectivity index (χ0n) is 11.2. The number of alkyl halides is 3. The fourth-order valence-electron chi connectivity index (χ4n) is 2.55. The van der Waals surface area contributed by atoms with Crippen molar-refractivity contribution in [1.82, 2.24) is 0 Å². The van der Waals surface area contributed by atoms with Crippen molar-refractivity contribution in [2.45, 2.75) is 41.7 Å². The van der Waals surface area contributed by atoms with Gasteiger partial charge in [-0.1, -0.05) is 15.9 Å². The van der Waals surface area contributed by atoms with E-state index in [0.29, 0.717) is 12.8 Å². The van der Waals surface area contributed by atoms with Crippen molar-refractivity contribution >= 4 is 25.8 Å². The molecule has 0 amide bonds. The average molecular weight is 387 g/mol. The minimum absolute atomic E-state index is 0.190. The van der Waals surface area contributed by atoms with Crippen molar-refractivity contribution < 1.29 is 26.3 Å². The second-order valence-electron chi connectivity index (χ2n) is 4.98. The van der Waals surface area contributed by atoms with E-state index in [2.05, 4.69) is 15.9 Å². The molecule has 1 fully saturated rings. The summed E-state index contributed by atoms with van der Waals surface area (Å²) < 4.78 is 69.5. The molecule has 2 atom stereocenters. The van der Waals surface area contributed by atoms with Crippen molar-refractivity contribution in [2.75, 3.05) is 7.11 Å². The van der Waals surface area contributed by atoms with Crippen LogP contribution in [0.15, 0.2) is 27.6 Å². The predicted molar refractivity (Wildman–Crippen MR) is 74.8 cm³/mol. The van der Waals surface area contributed by atoms with Crippen LogP contribution in [0.5, 0.6) is 0 Å². The molecule has 0 bridgehead atoms. The highest BCUT2D eigenvalue weighted by molar-refractivity contribution is 9.10. The fraction of sp³-hybridized carbons (Fsp3) is 0.538. The van der Waals surface area contributed by atoms with E-state index in [1.165, 1.54) is 13.2 Å². The van der Waals surface area contributed by atoms with Crippen LogP contribution in [-0.2, 0) is 20.8 Å². The summed E-state index contributed by atoms with van der Waals surface area (Å²) in [7, 11) is -2.56. The molecule has 3 nitrogen and oxygen atoms in total. The molecule has 1 aromatic carbocycles. The third-order valence-corrected chi connectivity index (χ3v) is 6.43. The molecule has 0 radical (unpaired) electrons. The average Bonchev–Trinajstić information content (AvgIpc) is 2.86. The van der Waals surface area contributed by atoms with Crippen molar-refractivity contribution in [3.8, 4) is 0 Å². The van der Waals surface area contributed by atoms with Gasteiger partial charge in [0.25, 0.3) is 0 Å². The van der Waals surface area contributed by atoms with E-state index < -0.39 is 31.7 Å². The quantitative estimate of drug-likeness (QED) is 0.793. The maximum Gasteiger partial charge on any atom is 0.417 e. The van der Waals surface area contributed by atoms with Gasteiger partial charge in [0.15, 0.2) is 9.84 Å². The lowest BCUT2D eigenvalue weighted by molar-refractivity contribution is -0.139. The van der Waals surface area contributed by atoms with Crippen molar-refractivity contribution in [1.29, 1.82) is 0 Å². The molecule has 0 spiro atoms. The Morgan fingerprint density at radius 1 is 1.29 bits per heavy atom. The van der Waals surface area contributed by atoms with Crippen molar-refractivity contribution in [3.63, 3.8) is 0 Å². The molecule has 118 valence electrons. The molecule has 1 aliphatic rings. The van der Waals surface area contributed by atoms with Gasteiger partial charge >= 0.3 is 6.18 Å². The predicted octanol–water partition coefficient (Wildman–Crippen LogP) is 3.81. The molecule has 0 aromatic heterocycles. The summed E-state index contributed by atoms with van der Waals surface area (Å²) in [5.74, 6) is 0. The first-order chi connectivity index (χ1) is 9.66. The van der Waals surface area contributed by atoms with E-state index in [4.69, 9.17) is 4.74 Å². The van der Waals surface area contributed by atoms with Crippen LogP contribution in [0.25, 0.3) is 0 Å². The third kappa shape index (κ3) is 3.43. The Morgan fingerprint density at radius 2 is 1.95 bits per heavy atom. The van der Waals surface area contributed by atoms with E-state index in [1.54, 1.807) is 0 Å². The van der Waals surface area contributed by atoms with Gasteiger partial charge in [-0.3, -0.25) is 0 Å². The first kappa shape index (κ1) is 16.8. The van der Waals surface area contributed by atoms with Crippen LogP contribution in [0.4, 0.5) is 13.2 Å². The smallest absolute Gasteiger partial charge is 0.381 e. The Kier molecular flexibility index (Phi) is 4.70. The van der Waals surface area contributed by atoms with Crippen molar-refractivity contribution in [3.05, 3.63) is 28.2 Å². The molecular formula is C13H14BrF3O3S. The molecule has 21 heavy (non-hydrogen) atoms. The lowest BCUT2D eigenvalue weighted by Gasteiger charge is -2.17. The lowest BCUT2D eigenvalue weighted by Crippen LogP contribution is -2.23. The monoisotopic (exact) mass is 386 g/mol. The number of halogens is 4. The molecule has 0 heterocycles. The standard InChI is InChI=1S/C13H14BrF3O3S/c1-20-9-3-4-10(7-9)21(18,19)12-5-2-8(14)6-11(12)13(15,16)17/h2,5-6,9-10H,3-4,7H2,1H3. The molecule has 0 saturated heterocycles. The van der Waals surface area contributed by atoms with E-state index in [0.717, 1.165) is 12.1 Å². The number of sulfone groups is 1. The molecule has 2 rings (SSSR count). The lowest BCUT2D eigenvalue weighted by atomic mass is 10.2. The van der Waals surface area contributed by atoms with Crippen LogP contribution in [0.2, 0.25) is 0 Å². The highest BCUT2D eigenvalue weighted by Gasteiger charge is 2.42. The Hall–Kier alpha value is -0.600. The fourth-order valence-corrected chi connectivity index (χ4v) is 4.92. The second kappa shape index (κ2) is 5.89. The van der Waals surface area contributed by atoms with Crippen LogP contribution in [0, 0.1) is 0 Å². The van der Waals surface area contributed by atoms with Gasteiger partial charge in [0.2, 0.25) is 0 Å². The number of rotatable bonds is 3. The van der Waals surface area contributed by atoms with Gasteiger partial charge in [-0.15, -0.1) is 0 Å². The molecule has 1 aliphatic carbocycles. The normalized spacial score (nSPS) is 23.5. The number of hydrogen-bond donors (Lipinski definition) is 0. The van der Waals surface area contributed by atoms with Crippen molar-refractivity contribution in [2.24, 2.45) is 0 Å². The molecule has 0 N–H and O–H groups in total. The largest absolute Gasteiger partial charge is 0.417 e. The topological polar surface area (TPSA) is 43.4 Å². The summed E-state index contributed by atoms with van der Waals surface area (Å²) in [6.07, 6.45) is -3.85. The number of benzene rings is 1. The number of ether oxygens (including phenoxy) is 1. The van der Waals surface area contributed by atoms with Crippen LogP contribution in [0.3, 0.4) is 0 Å². The van der Waals surface area contributed by atoms with E-state index >= 15 is 0 Å². The molecule has 2 unspecified atom stereocenters. The van der Waals surface area contributed by atoms with Gasteiger partial charge < -0.3 is 4.74 Å². The van der Waals surface area contributed by atoms with Crippen LogP contribution < -0.4 is 0 Å². The van der Waals surface area contributed by atoms with Gasteiger partial charge in [0, 0.05) is 11.6 Å². The maximum atomic E-state index is 13.1.